The van der Waals surface area contributed by atoms with Gasteiger partial charge in [0, 0.05) is 0 Å². The second-order valence-electron chi connectivity index (χ2n) is 0.217. The molecule has 0 fully saturated rings. The zero-order chi connectivity index (χ0) is 3.58. The topological polar surface area (TPSA) is 60.4 Å². The molecular weight excluding hydrogens is 164 g/mol. The second kappa shape index (κ2) is 87.9. The summed E-state index contributed by atoms with van der Waals surface area (Å²) in [4.78, 5) is 0. The standard InChI is InChI=1S/7CH4.H2O3S/c;;;;;;;1-4(2)3/h7*1H4;(H2,1,2,3)/p-1. The molecule has 82 valence electrons. The van der Waals surface area contributed by atoms with Crippen molar-refractivity contribution in [2.24, 2.45) is 0 Å². The lowest BCUT2D eigenvalue weighted by Gasteiger charge is -1.83. The van der Waals surface area contributed by atoms with Gasteiger partial charge in [-0.15, -0.1) is 0 Å². The van der Waals surface area contributed by atoms with Crippen molar-refractivity contribution in [1.29, 1.82) is 0 Å². The van der Waals surface area contributed by atoms with Crippen LogP contribution in [0.1, 0.15) is 52.0 Å². The Hall–Kier alpha value is 0.0700. The molecule has 11 heavy (non-hydrogen) atoms. The molecule has 0 aromatic heterocycles. The fourth-order valence-electron chi connectivity index (χ4n) is 0. The molecule has 0 rings (SSSR count). The Labute approximate surface area is 77.4 Å². The van der Waals surface area contributed by atoms with Gasteiger partial charge in [-0.2, -0.15) is 0 Å². The molecular formula is C7H29O3S-. The van der Waals surface area contributed by atoms with E-state index in [1.807, 2.05) is 0 Å². The Morgan fingerprint density at radius 2 is 0.818 bits per heavy atom. The van der Waals surface area contributed by atoms with E-state index in [9.17, 15) is 0 Å². The first-order valence-electron chi connectivity index (χ1n) is 0.516. The van der Waals surface area contributed by atoms with Crippen molar-refractivity contribution < 1.29 is 13.3 Å². The normalized spacial score (nSPS) is 5.64. The molecule has 0 amide bonds. The van der Waals surface area contributed by atoms with Gasteiger partial charge in [-0.05, 0) is 0 Å². The third-order valence-electron chi connectivity index (χ3n) is 0. The van der Waals surface area contributed by atoms with E-state index in [1.54, 1.807) is 0 Å². The Balaban J connectivity index is -0.00000000214. The molecule has 3 nitrogen and oxygen atoms in total. The van der Waals surface area contributed by atoms with Crippen LogP contribution in [-0.2, 0) is 11.4 Å². The van der Waals surface area contributed by atoms with E-state index in [2.05, 4.69) is 0 Å². The van der Waals surface area contributed by atoms with Crippen LogP contribution in [0.4, 0.5) is 0 Å². The van der Waals surface area contributed by atoms with E-state index in [0.717, 1.165) is 0 Å². The van der Waals surface area contributed by atoms with Crippen molar-refractivity contribution in [3.05, 3.63) is 0 Å². The second-order valence-corrected chi connectivity index (χ2v) is 0.651. The van der Waals surface area contributed by atoms with Crippen LogP contribution in [0.5, 0.6) is 0 Å². The molecule has 0 aromatic carbocycles. The first-order valence-corrected chi connectivity index (χ1v) is 1.55. The Kier molecular flexibility index (Phi) is 952. The molecule has 0 spiro atoms. The summed E-state index contributed by atoms with van der Waals surface area (Å²) in [5.74, 6) is 0. The van der Waals surface area contributed by atoms with Gasteiger partial charge >= 0.3 is 0 Å². The third-order valence-corrected chi connectivity index (χ3v) is 0. The summed E-state index contributed by atoms with van der Waals surface area (Å²) < 4.78 is 24.1. The lowest BCUT2D eigenvalue weighted by Crippen LogP contribution is -1.75. The van der Waals surface area contributed by atoms with E-state index in [0.29, 0.717) is 0 Å². The summed E-state index contributed by atoms with van der Waals surface area (Å²) in [6, 6.07) is 0. The SMILES string of the molecule is C.C.C.C.C.C.C.O=S([O-])O. The van der Waals surface area contributed by atoms with Crippen molar-refractivity contribution in [2.45, 2.75) is 52.0 Å². The van der Waals surface area contributed by atoms with Crippen LogP contribution in [0.2, 0.25) is 0 Å². The van der Waals surface area contributed by atoms with Gasteiger partial charge in [0.25, 0.3) is 0 Å². The van der Waals surface area contributed by atoms with Crippen LogP contribution in [0.15, 0.2) is 0 Å². The number of hydrogen-bond donors (Lipinski definition) is 1. The molecule has 0 radical (unpaired) electrons. The van der Waals surface area contributed by atoms with Gasteiger partial charge in [-0.25, -0.2) is 4.21 Å². The van der Waals surface area contributed by atoms with Gasteiger partial charge in [-0.1, -0.05) is 52.0 Å². The zero-order valence-corrected chi connectivity index (χ0v) is 2.49. The van der Waals surface area contributed by atoms with Crippen molar-refractivity contribution in [1.82, 2.24) is 0 Å². The molecule has 0 bridgehead atoms. The predicted octanol–water partition coefficient (Wildman–Crippen LogP) is 3.79. The minimum atomic E-state index is -2.86. The third kappa shape index (κ3) is 134000. The maximum Gasteiger partial charge on any atom is 0.0814 e. The molecule has 1 unspecified atom stereocenters. The van der Waals surface area contributed by atoms with Crippen LogP contribution in [0.3, 0.4) is 0 Å². The van der Waals surface area contributed by atoms with Crippen molar-refractivity contribution in [3.63, 3.8) is 0 Å². The fourth-order valence-corrected chi connectivity index (χ4v) is 0. The molecule has 0 aliphatic rings. The fraction of sp³-hybridized carbons (Fsp3) is 1.00. The van der Waals surface area contributed by atoms with Gasteiger partial charge in [0.05, 0.1) is 11.4 Å². The quantitative estimate of drug-likeness (QED) is 0.595. The lowest BCUT2D eigenvalue weighted by atomic mass is 12.0. The van der Waals surface area contributed by atoms with Crippen molar-refractivity contribution >= 4 is 11.4 Å². The molecule has 0 aliphatic heterocycles. The maximum atomic E-state index is 8.56. The molecule has 0 aromatic rings. The highest BCUT2D eigenvalue weighted by molar-refractivity contribution is 7.73. The average molecular weight is 193 g/mol. The van der Waals surface area contributed by atoms with Crippen molar-refractivity contribution in [2.75, 3.05) is 0 Å². The number of rotatable bonds is 0. The molecule has 0 aliphatic carbocycles. The van der Waals surface area contributed by atoms with Crippen LogP contribution < -0.4 is 0 Å². The summed E-state index contributed by atoms with van der Waals surface area (Å²) in [6.45, 7) is 0. The molecule has 4 heteroatoms. The molecule has 0 saturated carbocycles. The van der Waals surface area contributed by atoms with Crippen LogP contribution in [0, 0.1) is 0 Å². The van der Waals surface area contributed by atoms with Crippen LogP contribution >= 0.6 is 0 Å². The van der Waals surface area contributed by atoms with Gasteiger partial charge < -0.3 is 9.11 Å². The smallest absolute Gasteiger partial charge is 0.0814 e. The molecule has 0 heterocycles. The van der Waals surface area contributed by atoms with Crippen LogP contribution in [0.25, 0.3) is 0 Å². The average Bonchev–Trinajstić information content (AvgIpc) is 0.811. The molecule has 1 atom stereocenters. The van der Waals surface area contributed by atoms with Crippen molar-refractivity contribution in [3.8, 4) is 0 Å². The number of hydrogen-bond acceptors (Lipinski definition) is 2. The largest absolute Gasteiger partial charge is 0.750 e. The zero-order valence-electron chi connectivity index (χ0n) is 1.67. The van der Waals surface area contributed by atoms with E-state index in [4.69, 9.17) is 13.3 Å². The first kappa shape index (κ1) is 119. The Morgan fingerprint density at radius 1 is 0.818 bits per heavy atom. The minimum absolute atomic E-state index is 0. The summed E-state index contributed by atoms with van der Waals surface area (Å²) in [7, 11) is 0. The molecule has 0 saturated heterocycles. The summed E-state index contributed by atoms with van der Waals surface area (Å²) >= 11 is -2.86. The Bertz CT molecular complexity index is 36.7. The Morgan fingerprint density at radius 3 is 0.818 bits per heavy atom. The van der Waals surface area contributed by atoms with Crippen LogP contribution in [-0.4, -0.2) is 13.3 Å². The van der Waals surface area contributed by atoms with E-state index in [1.165, 1.54) is 0 Å². The summed E-state index contributed by atoms with van der Waals surface area (Å²) in [5, 5.41) is 0. The highest BCUT2D eigenvalue weighted by Gasteiger charge is 1.42. The van der Waals surface area contributed by atoms with E-state index in [-0.39, 0.29) is 52.0 Å². The van der Waals surface area contributed by atoms with E-state index < -0.39 is 11.4 Å². The molecule has 1 N–H and O–H groups in total. The van der Waals surface area contributed by atoms with E-state index >= 15 is 0 Å². The van der Waals surface area contributed by atoms with Gasteiger partial charge in [-0.3, -0.25) is 0 Å². The summed E-state index contributed by atoms with van der Waals surface area (Å²) in [5.41, 5.74) is 0. The summed E-state index contributed by atoms with van der Waals surface area (Å²) in [6.07, 6.45) is 0. The minimum Gasteiger partial charge on any atom is -0.750 e. The van der Waals surface area contributed by atoms with Gasteiger partial charge in [0.2, 0.25) is 0 Å². The van der Waals surface area contributed by atoms with Gasteiger partial charge in [0.15, 0.2) is 0 Å². The first-order chi connectivity index (χ1) is 1.73. The highest BCUT2D eigenvalue weighted by atomic mass is 32.2. The lowest BCUT2D eigenvalue weighted by molar-refractivity contribution is 0.436. The predicted molar refractivity (Wildman–Crippen MR) is 58.7 cm³/mol. The maximum absolute atomic E-state index is 8.56. The van der Waals surface area contributed by atoms with Gasteiger partial charge in [0.1, 0.15) is 0 Å². The monoisotopic (exact) mass is 193 g/mol. The highest BCUT2D eigenvalue weighted by Crippen LogP contribution is 1.43.